The molecule has 1 aromatic heterocycles. The van der Waals surface area contributed by atoms with Crippen molar-refractivity contribution in [1.29, 1.82) is 0 Å². The van der Waals surface area contributed by atoms with Crippen LogP contribution in [0.3, 0.4) is 0 Å². The minimum atomic E-state index is -0.339. The third-order valence-corrected chi connectivity index (χ3v) is 5.30. The molecule has 0 unspecified atom stereocenters. The molecule has 0 spiro atoms. The zero-order chi connectivity index (χ0) is 19.5. The van der Waals surface area contributed by atoms with Crippen molar-refractivity contribution in [2.75, 3.05) is 18.4 Å². The average Bonchev–Trinajstić information content (AvgIpc) is 3.26. The second-order valence-electron chi connectivity index (χ2n) is 7.13. The summed E-state index contributed by atoms with van der Waals surface area (Å²) in [5, 5.41) is 2.94. The summed E-state index contributed by atoms with van der Waals surface area (Å²) < 4.78 is 1.98. The predicted molar refractivity (Wildman–Crippen MR) is 109 cm³/mol. The highest BCUT2D eigenvalue weighted by Gasteiger charge is 2.34. The molecular formula is C22H24N4O2. The molecule has 6 heteroatoms. The van der Waals surface area contributed by atoms with Gasteiger partial charge >= 0.3 is 0 Å². The molecule has 144 valence electrons. The van der Waals surface area contributed by atoms with E-state index in [0.717, 1.165) is 17.5 Å². The fraction of sp³-hybridized carbons (Fsp3) is 0.318. The summed E-state index contributed by atoms with van der Waals surface area (Å²) in [6, 6.07) is 17.9. The number of aromatic nitrogens is 2. The first-order chi connectivity index (χ1) is 13.7. The van der Waals surface area contributed by atoms with E-state index in [1.807, 2.05) is 54.0 Å². The lowest BCUT2D eigenvalue weighted by molar-refractivity contribution is -0.128. The molecule has 0 saturated carbocycles. The highest BCUT2D eigenvalue weighted by atomic mass is 16.2. The molecular weight excluding hydrogens is 352 g/mol. The monoisotopic (exact) mass is 376 g/mol. The molecule has 1 aliphatic heterocycles. The van der Waals surface area contributed by atoms with Gasteiger partial charge in [-0.3, -0.25) is 14.9 Å². The number of aryl methyl sites for hydroxylation is 1. The average molecular weight is 376 g/mol. The highest BCUT2D eigenvalue weighted by Crippen LogP contribution is 2.23. The molecule has 6 nitrogen and oxygen atoms in total. The van der Waals surface area contributed by atoms with Crippen LogP contribution < -0.4 is 5.32 Å². The summed E-state index contributed by atoms with van der Waals surface area (Å²) >= 11 is 0. The summed E-state index contributed by atoms with van der Waals surface area (Å²) in [5.41, 5.74) is 3.04. The predicted octanol–water partition coefficient (Wildman–Crippen LogP) is 3.09. The lowest BCUT2D eigenvalue weighted by atomic mass is 10.1. The van der Waals surface area contributed by atoms with Gasteiger partial charge in [0, 0.05) is 26.1 Å². The zero-order valence-corrected chi connectivity index (χ0v) is 16.0. The van der Waals surface area contributed by atoms with Crippen LogP contribution in [0.5, 0.6) is 0 Å². The smallest absolute Gasteiger partial charge is 0.232 e. The molecule has 0 bridgehead atoms. The van der Waals surface area contributed by atoms with Gasteiger partial charge in [-0.25, -0.2) is 4.98 Å². The Bertz CT molecular complexity index is 996. The molecule has 3 aromatic rings. The van der Waals surface area contributed by atoms with Gasteiger partial charge in [-0.15, -0.1) is 0 Å². The van der Waals surface area contributed by atoms with E-state index in [9.17, 15) is 9.59 Å². The van der Waals surface area contributed by atoms with E-state index in [4.69, 9.17) is 0 Å². The van der Waals surface area contributed by atoms with Gasteiger partial charge in [0.05, 0.1) is 17.0 Å². The fourth-order valence-electron chi connectivity index (χ4n) is 3.78. The Morgan fingerprint density at radius 1 is 1.14 bits per heavy atom. The molecule has 2 aromatic carbocycles. The van der Waals surface area contributed by atoms with Crippen LogP contribution in [-0.4, -0.2) is 39.4 Å². The fourth-order valence-corrected chi connectivity index (χ4v) is 3.78. The maximum absolute atomic E-state index is 12.8. The molecule has 28 heavy (non-hydrogen) atoms. The molecule has 1 N–H and O–H groups in total. The van der Waals surface area contributed by atoms with Gasteiger partial charge in [-0.1, -0.05) is 42.5 Å². The maximum atomic E-state index is 12.8. The second-order valence-corrected chi connectivity index (χ2v) is 7.13. The van der Waals surface area contributed by atoms with Crippen molar-refractivity contribution in [2.24, 2.45) is 5.92 Å². The SMILES string of the molecule is CCn1c(NC(=O)[C@H]2CC(=O)N(CCc3ccccc3)C2)nc2ccccc21. The maximum Gasteiger partial charge on any atom is 0.232 e. The summed E-state index contributed by atoms with van der Waals surface area (Å²) in [6.45, 7) is 3.83. The first-order valence-electron chi connectivity index (χ1n) is 9.73. The summed E-state index contributed by atoms with van der Waals surface area (Å²) in [7, 11) is 0. The Kier molecular flexibility index (Phi) is 5.10. The van der Waals surface area contributed by atoms with Crippen molar-refractivity contribution in [3.63, 3.8) is 0 Å². The molecule has 1 fully saturated rings. The van der Waals surface area contributed by atoms with Gasteiger partial charge in [0.1, 0.15) is 0 Å². The number of benzene rings is 2. The Balaban J connectivity index is 1.41. The van der Waals surface area contributed by atoms with E-state index in [1.54, 1.807) is 4.90 Å². The summed E-state index contributed by atoms with van der Waals surface area (Å²) in [6.07, 6.45) is 1.06. The van der Waals surface area contributed by atoms with Crippen LogP contribution >= 0.6 is 0 Å². The number of hydrogen-bond acceptors (Lipinski definition) is 3. The van der Waals surface area contributed by atoms with Crippen molar-refractivity contribution in [3.8, 4) is 0 Å². The molecule has 0 radical (unpaired) electrons. The zero-order valence-electron chi connectivity index (χ0n) is 16.0. The van der Waals surface area contributed by atoms with Crippen molar-refractivity contribution in [1.82, 2.24) is 14.5 Å². The Hall–Kier alpha value is -3.15. The number of rotatable bonds is 6. The van der Waals surface area contributed by atoms with E-state index >= 15 is 0 Å². The van der Waals surface area contributed by atoms with Crippen LogP contribution in [0.1, 0.15) is 18.9 Å². The van der Waals surface area contributed by atoms with Gasteiger partial charge < -0.3 is 9.47 Å². The van der Waals surface area contributed by atoms with Crippen molar-refractivity contribution >= 4 is 28.8 Å². The van der Waals surface area contributed by atoms with E-state index in [-0.39, 0.29) is 24.2 Å². The number of para-hydroxylation sites is 2. The van der Waals surface area contributed by atoms with Gasteiger partial charge in [0.2, 0.25) is 17.8 Å². The number of nitrogens with zero attached hydrogens (tertiary/aromatic N) is 3. The van der Waals surface area contributed by atoms with E-state index in [2.05, 4.69) is 22.4 Å². The van der Waals surface area contributed by atoms with Gasteiger partial charge in [-0.2, -0.15) is 0 Å². The quantitative estimate of drug-likeness (QED) is 0.719. The standard InChI is InChI=1S/C22H24N4O2/c1-2-26-19-11-7-6-10-18(19)23-22(26)24-21(28)17-14-20(27)25(15-17)13-12-16-8-4-3-5-9-16/h3-11,17H,2,12-15H2,1H3,(H,23,24,28)/t17-/m0/s1. The Labute approximate surface area is 164 Å². The molecule has 1 saturated heterocycles. The number of anilines is 1. The number of carbonyl (C=O) groups is 2. The lowest BCUT2D eigenvalue weighted by Gasteiger charge is -2.16. The van der Waals surface area contributed by atoms with E-state index < -0.39 is 0 Å². The van der Waals surface area contributed by atoms with Crippen molar-refractivity contribution < 1.29 is 9.59 Å². The molecule has 4 rings (SSSR count). The van der Waals surface area contributed by atoms with Crippen molar-refractivity contribution in [3.05, 3.63) is 60.2 Å². The molecule has 1 aliphatic rings. The van der Waals surface area contributed by atoms with Crippen LogP contribution in [0.2, 0.25) is 0 Å². The largest absolute Gasteiger partial charge is 0.342 e. The normalized spacial score (nSPS) is 16.7. The summed E-state index contributed by atoms with van der Waals surface area (Å²) in [4.78, 5) is 31.5. The van der Waals surface area contributed by atoms with Crippen LogP contribution in [0, 0.1) is 5.92 Å². The van der Waals surface area contributed by atoms with E-state index in [0.29, 0.717) is 25.6 Å². The first kappa shape index (κ1) is 18.2. The second kappa shape index (κ2) is 7.84. The van der Waals surface area contributed by atoms with Gasteiger partial charge in [0.25, 0.3) is 0 Å². The van der Waals surface area contributed by atoms with Crippen LogP contribution in [0.4, 0.5) is 5.95 Å². The molecule has 2 amide bonds. The lowest BCUT2D eigenvalue weighted by Crippen LogP contribution is -2.30. The molecule has 0 aliphatic carbocycles. The van der Waals surface area contributed by atoms with Crippen LogP contribution in [0.25, 0.3) is 11.0 Å². The Morgan fingerprint density at radius 2 is 1.89 bits per heavy atom. The van der Waals surface area contributed by atoms with Crippen LogP contribution in [0.15, 0.2) is 54.6 Å². The number of nitrogens with one attached hydrogen (secondary N) is 1. The number of hydrogen-bond donors (Lipinski definition) is 1. The number of fused-ring (bicyclic) bond motifs is 1. The van der Waals surface area contributed by atoms with Gasteiger partial charge in [0.15, 0.2) is 0 Å². The molecule has 2 heterocycles. The minimum Gasteiger partial charge on any atom is -0.342 e. The highest BCUT2D eigenvalue weighted by molar-refractivity contribution is 5.97. The number of carbonyl (C=O) groups excluding carboxylic acids is 2. The van der Waals surface area contributed by atoms with Crippen molar-refractivity contribution in [2.45, 2.75) is 26.3 Å². The van der Waals surface area contributed by atoms with Gasteiger partial charge in [-0.05, 0) is 31.0 Å². The topological polar surface area (TPSA) is 67.2 Å². The third-order valence-electron chi connectivity index (χ3n) is 5.30. The number of amides is 2. The number of imidazole rings is 1. The Morgan fingerprint density at radius 3 is 2.68 bits per heavy atom. The molecule has 1 atom stereocenters. The van der Waals surface area contributed by atoms with Crippen LogP contribution in [-0.2, 0) is 22.6 Å². The number of likely N-dealkylation sites (tertiary alicyclic amines) is 1. The third kappa shape index (κ3) is 3.63. The first-order valence-corrected chi connectivity index (χ1v) is 9.73. The van der Waals surface area contributed by atoms with E-state index in [1.165, 1.54) is 5.56 Å². The minimum absolute atomic E-state index is 0.0417. The summed E-state index contributed by atoms with van der Waals surface area (Å²) in [5.74, 6) is 0.109.